The Morgan fingerprint density at radius 3 is 2.35 bits per heavy atom. The molecule has 1 aromatic carbocycles. The van der Waals surface area contributed by atoms with Crippen molar-refractivity contribution in [1.82, 2.24) is 5.32 Å². The zero-order chi connectivity index (χ0) is 18.6. The summed E-state index contributed by atoms with van der Waals surface area (Å²) < 4.78 is 27.9. The molecule has 1 atom stereocenters. The Labute approximate surface area is 153 Å². The minimum absolute atomic E-state index is 0.126. The van der Waals surface area contributed by atoms with E-state index in [4.69, 9.17) is 23.7 Å². The fourth-order valence-electron chi connectivity index (χ4n) is 3.59. The number of rotatable bonds is 6. The third-order valence-corrected chi connectivity index (χ3v) is 4.95. The maximum Gasteiger partial charge on any atom is 0.251 e. The fourth-order valence-corrected chi connectivity index (χ4v) is 3.59. The van der Waals surface area contributed by atoms with Crippen molar-refractivity contribution in [3.05, 3.63) is 17.7 Å². The molecule has 0 aromatic heterocycles. The van der Waals surface area contributed by atoms with Crippen molar-refractivity contribution in [2.75, 3.05) is 34.5 Å². The van der Waals surface area contributed by atoms with E-state index in [0.717, 1.165) is 25.7 Å². The highest BCUT2D eigenvalue weighted by molar-refractivity contribution is 5.95. The van der Waals surface area contributed by atoms with Gasteiger partial charge in [-0.1, -0.05) is 6.42 Å². The van der Waals surface area contributed by atoms with E-state index in [2.05, 4.69) is 5.32 Å². The largest absolute Gasteiger partial charge is 0.493 e. The molecule has 2 aliphatic rings. The van der Waals surface area contributed by atoms with Gasteiger partial charge >= 0.3 is 0 Å². The Hall–Kier alpha value is -1.99. The van der Waals surface area contributed by atoms with E-state index in [1.807, 2.05) is 0 Å². The molecule has 7 nitrogen and oxygen atoms in total. The quantitative estimate of drug-likeness (QED) is 0.835. The van der Waals surface area contributed by atoms with Gasteiger partial charge in [-0.25, -0.2) is 0 Å². The lowest BCUT2D eigenvalue weighted by molar-refractivity contribution is -0.186. The van der Waals surface area contributed by atoms with Crippen LogP contribution in [0.2, 0.25) is 0 Å². The first-order chi connectivity index (χ1) is 12.6. The van der Waals surface area contributed by atoms with Crippen LogP contribution in [0.15, 0.2) is 12.1 Å². The van der Waals surface area contributed by atoms with Crippen LogP contribution < -0.4 is 19.5 Å². The Morgan fingerprint density at radius 2 is 1.77 bits per heavy atom. The van der Waals surface area contributed by atoms with Crippen molar-refractivity contribution >= 4 is 5.91 Å². The van der Waals surface area contributed by atoms with Crippen molar-refractivity contribution in [2.45, 2.75) is 44.0 Å². The number of hydrogen-bond donors (Lipinski definition) is 1. The van der Waals surface area contributed by atoms with E-state index in [-0.39, 0.29) is 12.0 Å². The van der Waals surface area contributed by atoms with Gasteiger partial charge in [0, 0.05) is 24.9 Å². The van der Waals surface area contributed by atoms with Crippen molar-refractivity contribution in [1.29, 1.82) is 0 Å². The number of nitrogens with one attached hydrogen (secondary N) is 1. The fraction of sp³-hybridized carbons (Fsp3) is 0.632. The molecule has 1 aromatic rings. The Morgan fingerprint density at radius 1 is 1.12 bits per heavy atom. The summed E-state index contributed by atoms with van der Waals surface area (Å²) in [4.78, 5) is 12.5. The van der Waals surface area contributed by atoms with E-state index in [1.165, 1.54) is 27.8 Å². The van der Waals surface area contributed by atoms with Crippen LogP contribution in [0.1, 0.15) is 42.5 Å². The van der Waals surface area contributed by atoms with E-state index >= 15 is 0 Å². The second-order valence-corrected chi connectivity index (χ2v) is 6.65. The summed E-state index contributed by atoms with van der Waals surface area (Å²) in [7, 11) is 4.57. The molecule has 7 heteroatoms. The molecule has 1 amide bonds. The molecule has 1 aliphatic carbocycles. The highest BCUT2D eigenvalue weighted by Crippen LogP contribution is 2.39. The van der Waals surface area contributed by atoms with Crippen LogP contribution in [0.3, 0.4) is 0 Å². The molecule has 2 fully saturated rings. The van der Waals surface area contributed by atoms with Crippen LogP contribution in [-0.2, 0) is 9.47 Å². The second kappa shape index (κ2) is 8.14. The lowest BCUT2D eigenvalue weighted by atomic mass is 9.94. The van der Waals surface area contributed by atoms with Crippen LogP contribution in [-0.4, -0.2) is 52.3 Å². The average Bonchev–Trinajstić information content (AvgIpc) is 3.07. The molecule has 1 N–H and O–H groups in total. The third kappa shape index (κ3) is 3.88. The summed E-state index contributed by atoms with van der Waals surface area (Å²) in [5.74, 6) is 0.688. The normalized spacial score (nSPS) is 21.4. The molecule has 0 bridgehead atoms. The first-order valence-electron chi connectivity index (χ1n) is 9.01. The standard InChI is InChI=1S/C19H27NO6/c1-22-15-9-13(10-16(23-2)17(15)24-3)18(21)20-11-14-12-25-19(26-14)7-5-4-6-8-19/h9-10,14H,4-8,11-12H2,1-3H3,(H,20,21)/t14-/m1/s1. The molecule has 1 spiro atoms. The number of ether oxygens (including phenoxy) is 5. The zero-order valence-corrected chi connectivity index (χ0v) is 15.6. The maximum atomic E-state index is 12.5. The van der Waals surface area contributed by atoms with Crippen LogP contribution >= 0.6 is 0 Å². The average molecular weight is 365 g/mol. The molecule has 26 heavy (non-hydrogen) atoms. The van der Waals surface area contributed by atoms with Crippen molar-refractivity contribution in [3.63, 3.8) is 0 Å². The van der Waals surface area contributed by atoms with Gasteiger partial charge in [-0.05, 0) is 25.0 Å². The number of hydrogen-bond acceptors (Lipinski definition) is 6. The van der Waals surface area contributed by atoms with E-state index in [1.54, 1.807) is 12.1 Å². The Bertz CT molecular complexity index is 616. The van der Waals surface area contributed by atoms with E-state index in [0.29, 0.717) is 36.0 Å². The lowest BCUT2D eigenvalue weighted by Gasteiger charge is -2.31. The molecule has 1 saturated heterocycles. The lowest BCUT2D eigenvalue weighted by Crippen LogP contribution is -2.37. The molecule has 1 aliphatic heterocycles. The zero-order valence-electron chi connectivity index (χ0n) is 15.6. The Kier molecular flexibility index (Phi) is 5.88. The Balaban J connectivity index is 1.62. The maximum absolute atomic E-state index is 12.5. The molecule has 0 radical (unpaired) electrons. The highest BCUT2D eigenvalue weighted by Gasteiger charge is 2.42. The summed E-state index contributed by atoms with van der Waals surface area (Å²) >= 11 is 0. The first kappa shape index (κ1) is 18.8. The summed E-state index contributed by atoms with van der Waals surface area (Å²) in [6.07, 6.45) is 5.24. The van der Waals surface area contributed by atoms with Gasteiger partial charge in [0.25, 0.3) is 5.91 Å². The summed E-state index contributed by atoms with van der Waals surface area (Å²) in [6, 6.07) is 3.26. The number of amides is 1. The molecule has 0 unspecified atom stereocenters. The third-order valence-electron chi connectivity index (χ3n) is 4.95. The summed E-state index contributed by atoms with van der Waals surface area (Å²) in [5, 5.41) is 2.91. The van der Waals surface area contributed by atoms with Crippen molar-refractivity contribution in [2.24, 2.45) is 0 Å². The van der Waals surface area contributed by atoms with Crippen LogP contribution in [0.4, 0.5) is 0 Å². The predicted molar refractivity (Wildman–Crippen MR) is 95.1 cm³/mol. The van der Waals surface area contributed by atoms with Crippen LogP contribution in [0, 0.1) is 0 Å². The minimum Gasteiger partial charge on any atom is -0.493 e. The number of carbonyl (C=O) groups excluding carboxylic acids is 1. The van der Waals surface area contributed by atoms with Gasteiger partial charge < -0.3 is 29.0 Å². The van der Waals surface area contributed by atoms with Gasteiger partial charge in [0.15, 0.2) is 17.3 Å². The summed E-state index contributed by atoms with van der Waals surface area (Å²) in [6.45, 7) is 0.910. The molecular formula is C19H27NO6. The molecule has 3 rings (SSSR count). The number of benzene rings is 1. The van der Waals surface area contributed by atoms with Crippen LogP contribution in [0.5, 0.6) is 17.2 Å². The molecule has 144 valence electrons. The molecular weight excluding hydrogens is 338 g/mol. The van der Waals surface area contributed by atoms with Gasteiger partial charge in [-0.3, -0.25) is 4.79 Å². The SMILES string of the molecule is COc1cc(C(=O)NC[C@@H]2COC3(CCCCC3)O2)cc(OC)c1OC. The smallest absolute Gasteiger partial charge is 0.251 e. The van der Waals surface area contributed by atoms with E-state index < -0.39 is 5.79 Å². The predicted octanol–water partition coefficient (Wildman–Crippen LogP) is 2.52. The summed E-state index contributed by atoms with van der Waals surface area (Å²) in [5.41, 5.74) is 0.436. The van der Waals surface area contributed by atoms with Crippen molar-refractivity contribution in [3.8, 4) is 17.2 Å². The van der Waals surface area contributed by atoms with E-state index in [9.17, 15) is 4.79 Å². The van der Waals surface area contributed by atoms with Gasteiger partial charge in [0.05, 0.1) is 27.9 Å². The van der Waals surface area contributed by atoms with Gasteiger partial charge in [-0.2, -0.15) is 0 Å². The number of methoxy groups -OCH3 is 3. The van der Waals surface area contributed by atoms with Gasteiger partial charge in [0.2, 0.25) is 5.75 Å². The van der Waals surface area contributed by atoms with Gasteiger partial charge in [0.1, 0.15) is 6.10 Å². The molecule has 1 heterocycles. The van der Waals surface area contributed by atoms with Gasteiger partial charge in [-0.15, -0.1) is 0 Å². The van der Waals surface area contributed by atoms with Crippen LogP contribution in [0.25, 0.3) is 0 Å². The second-order valence-electron chi connectivity index (χ2n) is 6.65. The minimum atomic E-state index is -0.430. The molecule has 1 saturated carbocycles. The monoisotopic (exact) mass is 365 g/mol. The first-order valence-corrected chi connectivity index (χ1v) is 9.01. The topological polar surface area (TPSA) is 75.3 Å². The number of carbonyl (C=O) groups is 1. The van der Waals surface area contributed by atoms with Crippen molar-refractivity contribution < 1.29 is 28.5 Å². The highest BCUT2D eigenvalue weighted by atomic mass is 16.7.